The molecule has 0 fully saturated rings. The Kier molecular flexibility index (Phi) is 2.72. The van der Waals surface area contributed by atoms with E-state index in [2.05, 4.69) is 15.0 Å². The van der Waals surface area contributed by atoms with Crippen LogP contribution in [-0.2, 0) is 0 Å². The standard InChI is InChI=1S/C14H12N4O/c1-9-16-8-6-13(18-9)19-12-5-4-11(15)14-10(12)3-2-7-17-14/h2-8H,15H2,1H3. The predicted molar refractivity (Wildman–Crippen MR) is 73.0 cm³/mol. The van der Waals surface area contributed by atoms with Gasteiger partial charge in [-0.05, 0) is 31.2 Å². The maximum Gasteiger partial charge on any atom is 0.222 e. The Morgan fingerprint density at radius 2 is 1.95 bits per heavy atom. The lowest BCUT2D eigenvalue weighted by molar-refractivity contribution is 0.465. The van der Waals surface area contributed by atoms with Gasteiger partial charge in [0.15, 0.2) is 0 Å². The van der Waals surface area contributed by atoms with Gasteiger partial charge in [-0.2, -0.15) is 4.98 Å². The highest BCUT2D eigenvalue weighted by molar-refractivity contribution is 5.93. The topological polar surface area (TPSA) is 73.9 Å². The highest BCUT2D eigenvalue weighted by Gasteiger charge is 2.07. The molecule has 2 N–H and O–H groups in total. The largest absolute Gasteiger partial charge is 0.438 e. The summed E-state index contributed by atoms with van der Waals surface area (Å²) in [6, 6.07) is 9.07. The van der Waals surface area contributed by atoms with Gasteiger partial charge in [0.25, 0.3) is 0 Å². The van der Waals surface area contributed by atoms with Crippen molar-refractivity contribution in [3.63, 3.8) is 0 Å². The van der Waals surface area contributed by atoms with Crippen molar-refractivity contribution < 1.29 is 4.74 Å². The number of ether oxygens (including phenoxy) is 1. The Morgan fingerprint density at radius 1 is 1.05 bits per heavy atom. The number of nitrogens with zero attached hydrogens (tertiary/aromatic N) is 3. The van der Waals surface area contributed by atoms with Crippen LogP contribution in [0.25, 0.3) is 10.9 Å². The fraction of sp³-hybridized carbons (Fsp3) is 0.0714. The normalized spacial score (nSPS) is 10.6. The third kappa shape index (κ3) is 2.18. The predicted octanol–water partition coefficient (Wildman–Crippen LogP) is 2.71. The van der Waals surface area contributed by atoms with E-state index >= 15 is 0 Å². The fourth-order valence-corrected chi connectivity index (χ4v) is 1.86. The minimum atomic E-state index is 0.502. The van der Waals surface area contributed by atoms with Gasteiger partial charge in [-0.25, -0.2) is 4.98 Å². The molecular formula is C14H12N4O. The van der Waals surface area contributed by atoms with Crippen LogP contribution in [-0.4, -0.2) is 15.0 Å². The number of pyridine rings is 1. The fourth-order valence-electron chi connectivity index (χ4n) is 1.86. The Hall–Kier alpha value is -2.69. The van der Waals surface area contributed by atoms with Crippen molar-refractivity contribution >= 4 is 16.6 Å². The molecule has 0 unspecified atom stereocenters. The molecule has 0 aliphatic rings. The second-order valence-corrected chi connectivity index (χ2v) is 4.10. The minimum Gasteiger partial charge on any atom is -0.438 e. The lowest BCUT2D eigenvalue weighted by Crippen LogP contribution is -1.95. The van der Waals surface area contributed by atoms with Crippen molar-refractivity contribution in [1.29, 1.82) is 0 Å². The number of rotatable bonds is 2. The Balaban J connectivity index is 2.09. The molecule has 0 aliphatic heterocycles. The number of benzene rings is 1. The Labute approximate surface area is 110 Å². The van der Waals surface area contributed by atoms with Crippen LogP contribution >= 0.6 is 0 Å². The lowest BCUT2D eigenvalue weighted by Gasteiger charge is -2.09. The molecule has 3 aromatic rings. The van der Waals surface area contributed by atoms with Gasteiger partial charge in [0.1, 0.15) is 11.6 Å². The van der Waals surface area contributed by atoms with Crippen LogP contribution < -0.4 is 10.5 Å². The number of aromatic nitrogens is 3. The van der Waals surface area contributed by atoms with Crippen molar-refractivity contribution in [3.8, 4) is 11.6 Å². The molecule has 0 radical (unpaired) electrons. The number of hydrogen-bond acceptors (Lipinski definition) is 5. The third-order valence-corrected chi connectivity index (χ3v) is 2.73. The van der Waals surface area contributed by atoms with Crippen LogP contribution in [0.2, 0.25) is 0 Å². The van der Waals surface area contributed by atoms with Crippen LogP contribution in [0.1, 0.15) is 5.82 Å². The molecule has 0 atom stereocenters. The molecule has 5 nitrogen and oxygen atoms in total. The summed E-state index contributed by atoms with van der Waals surface area (Å²) in [6.45, 7) is 1.81. The summed E-state index contributed by atoms with van der Waals surface area (Å²) in [6.07, 6.45) is 3.37. The number of aryl methyl sites for hydroxylation is 1. The first-order valence-corrected chi connectivity index (χ1v) is 5.85. The Morgan fingerprint density at radius 3 is 2.79 bits per heavy atom. The first-order chi connectivity index (χ1) is 9.24. The lowest BCUT2D eigenvalue weighted by atomic mass is 10.2. The number of anilines is 1. The summed E-state index contributed by atoms with van der Waals surface area (Å²) < 4.78 is 5.78. The first-order valence-electron chi connectivity index (χ1n) is 5.85. The SMILES string of the molecule is Cc1nccc(Oc2ccc(N)c3ncccc23)n1. The minimum absolute atomic E-state index is 0.502. The van der Waals surface area contributed by atoms with E-state index in [0.717, 1.165) is 10.9 Å². The number of fused-ring (bicyclic) bond motifs is 1. The molecule has 0 amide bonds. The van der Waals surface area contributed by atoms with Gasteiger partial charge in [-0.15, -0.1) is 0 Å². The highest BCUT2D eigenvalue weighted by Crippen LogP contribution is 2.31. The highest BCUT2D eigenvalue weighted by atomic mass is 16.5. The Bertz CT molecular complexity index is 742. The van der Waals surface area contributed by atoms with Gasteiger partial charge in [0, 0.05) is 23.8 Å². The van der Waals surface area contributed by atoms with E-state index in [1.807, 2.05) is 25.1 Å². The summed E-state index contributed by atoms with van der Waals surface area (Å²) in [5.74, 6) is 1.84. The van der Waals surface area contributed by atoms with E-state index in [1.165, 1.54) is 0 Å². The van der Waals surface area contributed by atoms with Crippen LogP contribution in [0.3, 0.4) is 0 Å². The van der Waals surface area contributed by atoms with E-state index in [9.17, 15) is 0 Å². The molecule has 2 heterocycles. The zero-order chi connectivity index (χ0) is 13.2. The summed E-state index contributed by atoms with van der Waals surface area (Å²) in [7, 11) is 0. The number of hydrogen-bond donors (Lipinski definition) is 1. The smallest absolute Gasteiger partial charge is 0.222 e. The molecule has 5 heteroatoms. The van der Waals surface area contributed by atoms with E-state index in [1.54, 1.807) is 24.5 Å². The van der Waals surface area contributed by atoms with Crippen molar-refractivity contribution in [2.75, 3.05) is 5.73 Å². The second kappa shape index (κ2) is 4.53. The second-order valence-electron chi connectivity index (χ2n) is 4.10. The monoisotopic (exact) mass is 252 g/mol. The molecule has 19 heavy (non-hydrogen) atoms. The van der Waals surface area contributed by atoms with E-state index in [4.69, 9.17) is 10.5 Å². The molecule has 0 aliphatic carbocycles. The quantitative estimate of drug-likeness (QED) is 0.710. The van der Waals surface area contributed by atoms with Crippen molar-refractivity contribution in [2.24, 2.45) is 0 Å². The van der Waals surface area contributed by atoms with Gasteiger partial charge in [0.2, 0.25) is 5.88 Å². The molecule has 2 aromatic heterocycles. The summed E-state index contributed by atoms with van der Waals surface area (Å²) in [5.41, 5.74) is 7.25. The van der Waals surface area contributed by atoms with Crippen LogP contribution in [0.15, 0.2) is 42.7 Å². The van der Waals surface area contributed by atoms with Crippen LogP contribution in [0.4, 0.5) is 5.69 Å². The summed E-state index contributed by atoms with van der Waals surface area (Å²) >= 11 is 0. The zero-order valence-electron chi connectivity index (χ0n) is 10.4. The maximum absolute atomic E-state index is 5.90. The maximum atomic E-state index is 5.90. The molecule has 0 saturated heterocycles. The third-order valence-electron chi connectivity index (χ3n) is 2.73. The molecule has 94 valence electrons. The summed E-state index contributed by atoms with van der Waals surface area (Å²) in [5, 5.41) is 0.860. The van der Waals surface area contributed by atoms with Crippen LogP contribution in [0, 0.1) is 6.92 Å². The van der Waals surface area contributed by atoms with Crippen molar-refractivity contribution in [1.82, 2.24) is 15.0 Å². The average Bonchev–Trinajstić information content (AvgIpc) is 2.42. The first kappa shape index (κ1) is 11.4. The van der Waals surface area contributed by atoms with Crippen LogP contribution in [0.5, 0.6) is 11.6 Å². The van der Waals surface area contributed by atoms with Gasteiger partial charge >= 0.3 is 0 Å². The molecular weight excluding hydrogens is 240 g/mol. The number of nitrogens with two attached hydrogens (primary N) is 1. The molecule has 0 saturated carbocycles. The van der Waals surface area contributed by atoms with E-state index in [0.29, 0.717) is 23.1 Å². The van der Waals surface area contributed by atoms with Gasteiger partial charge in [-0.3, -0.25) is 4.98 Å². The molecule has 3 rings (SSSR count). The van der Waals surface area contributed by atoms with Crippen molar-refractivity contribution in [2.45, 2.75) is 6.92 Å². The molecule has 0 bridgehead atoms. The molecule has 1 aromatic carbocycles. The number of nitrogen functional groups attached to an aromatic ring is 1. The van der Waals surface area contributed by atoms with Crippen molar-refractivity contribution in [3.05, 3.63) is 48.5 Å². The van der Waals surface area contributed by atoms with Gasteiger partial charge in [-0.1, -0.05) is 0 Å². The van der Waals surface area contributed by atoms with E-state index in [-0.39, 0.29) is 0 Å². The molecule has 0 spiro atoms. The van der Waals surface area contributed by atoms with Gasteiger partial charge in [0.05, 0.1) is 11.2 Å². The zero-order valence-corrected chi connectivity index (χ0v) is 10.4. The van der Waals surface area contributed by atoms with Gasteiger partial charge < -0.3 is 10.5 Å². The van der Waals surface area contributed by atoms with E-state index < -0.39 is 0 Å². The average molecular weight is 252 g/mol. The summed E-state index contributed by atoms with van der Waals surface area (Å²) in [4.78, 5) is 12.5.